The predicted octanol–water partition coefficient (Wildman–Crippen LogP) is 7.18. The molecule has 4 aromatic heterocycles. The molecule has 0 aliphatic heterocycles. The Hall–Kier alpha value is -4.94. The summed E-state index contributed by atoms with van der Waals surface area (Å²) in [5, 5.41) is 5.08. The molecule has 0 spiro atoms. The van der Waals surface area contributed by atoms with Crippen LogP contribution in [0.15, 0.2) is 72.2 Å². The Balaban J connectivity index is 0.000000168. The fourth-order valence-corrected chi connectivity index (χ4v) is 5.60. The van der Waals surface area contributed by atoms with Crippen LogP contribution in [0.5, 0.6) is 23.3 Å². The van der Waals surface area contributed by atoms with E-state index in [0.29, 0.717) is 22.0 Å². The van der Waals surface area contributed by atoms with Crippen molar-refractivity contribution in [3.8, 4) is 45.8 Å². The van der Waals surface area contributed by atoms with Crippen LogP contribution in [0.2, 0.25) is 0 Å². The average Bonchev–Trinajstić information content (AvgIpc) is 3.57. The van der Waals surface area contributed by atoms with Gasteiger partial charge in [-0.05, 0) is 74.2 Å². The molecular formula is C30H28N8O2S2. The molecule has 42 heavy (non-hydrogen) atoms. The molecule has 0 saturated heterocycles. The van der Waals surface area contributed by atoms with Gasteiger partial charge in [0.25, 0.3) is 0 Å². The molecular weight excluding hydrogens is 569 g/mol. The van der Waals surface area contributed by atoms with Crippen LogP contribution in [-0.2, 0) is 0 Å². The van der Waals surface area contributed by atoms with Crippen molar-refractivity contribution in [3.63, 3.8) is 0 Å². The Morgan fingerprint density at radius 3 is 1.24 bits per heavy atom. The highest BCUT2D eigenvalue weighted by Gasteiger charge is 2.13. The molecule has 0 amide bonds. The van der Waals surface area contributed by atoms with Crippen molar-refractivity contribution in [3.05, 3.63) is 94.5 Å². The molecule has 0 unspecified atom stereocenters. The normalized spacial score (nSPS) is 10.6. The molecule has 12 heteroatoms. The summed E-state index contributed by atoms with van der Waals surface area (Å²) in [5.41, 5.74) is 19.7. The predicted molar refractivity (Wildman–Crippen MR) is 167 cm³/mol. The van der Waals surface area contributed by atoms with Gasteiger partial charge in [-0.2, -0.15) is 0 Å². The van der Waals surface area contributed by atoms with Gasteiger partial charge in [-0.15, -0.1) is 22.7 Å². The van der Waals surface area contributed by atoms with Crippen LogP contribution in [0.3, 0.4) is 0 Å². The fraction of sp³-hybridized carbons (Fsp3) is 0.133. The Labute approximate surface area is 251 Å². The first-order valence-electron chi connectivity index (χ1n) is 12.8. The van der Waals surface area contributed by atoms with Gasteiger partial charge in [0.2, 0.25) is 11.8 Å². The Kier molecular flexibility index (Phi) is 8.65. The average molecular weight is 597 g/mol. The number of aromatic nitrogens is 6. The van der Waals surface area contributed by atoms with Crippen LogP contribution < -0.4 is 20.9 Å². The summed E-state index contributed by atoms with van der Waals surface area (Å²) in [7, 11) is 0. The van der Waals surface area contributed by atoms with Gasteiger partial charge >= 0.3 is 0 Å². The minimum absolute atomic E-state index is 0.474. The van der Waals surface area contributed by atoms with Crippen molar-refractivity contribution in [2.24, 2.45) is 0 Å². The lowest BCUT2D eigenvalue weighted by molar-refractivity contribution is 0.459. The maximum atomic E-state index is 5.72. The van der Waals surface area contributed by atoms with Crippen molar-refractivity contribution in [1.82, 2.24) is 29.9 Å². The highest BCUT2D eigenvalue weighted by Crippen LogP contribution is 2.34. The van der Waals surface area contributed by atoms with Gasteiger partial charge in [0.05, 0.1) is 23.8 Å². The molecule has 6 rings (SSSR count). The van der Waals surface area contributed by atoms with E-state index in [1.807, 2.05) is 62.7 Å². The molecule has 0 fully saturated rings. The van der Waals surface area contributed by atoms with E-state index in [0.717, 1.165) is 56.3 Å². The van der Waals surface area contributed by atoms with Gasteiger partial charge in [-0.3, -0.25) is 9.97 Å². The van der Waals surface area contributed by atoms with Crippen molar-refractivity contribution >= 4 is 32.9 Å². The van der Waals surface area contributed by atoms with E-state index in [1.54, 1.807) is 37.2 Å². The number of nitrogens with two attached hydrogens (primary N) is 2. The molecule has 4 N–H and O–H groups in total. The molecule has 212 valence electrons. The van der Waals surface area contributed by atoms with E-state index in [4.69, 9.17) is 20.9 Å². The second-order valence-corrected chi connectivity index (χ2v) is 11.1. The zero-order chi connectivity index (χ0) is 29.6. The summed E-state index contributed by atoms with van der Waals surface area (Å²) < 4.78 is 11.4. The van der Waals surface area contributed by atoms with E-state index in [9.17, 15) is 0 Å². The molecule has 0 bridgehead atoms. The molecule has 2 aromatic carbocycles. The summed E-state index contributed by atoms with van der Waals surface area (Å²) in [6.07, 6.45) is 9.58. The topological polar surface area (TPSA) is 148 Å². The second kappa shape index (κ2) is 12.7. The molecule has 10 nitrogen and oxygen atoms in total. The third-order valence-corrected chi connectivity index (χ3v) is 7.44. The largest absolute Gasteiger partial charge is 0.437 e. The minimum Gasteiger partial charge on any atom is -0.437 e. The van der Waals surface area contributed by atoms with E-state index >= 15 is 0 Å². The number of rotatable bonds is 6. The lowest BCUT2D eigenvalue weighted by Crippen LogP contribution is -1.94. The van der Waals surface area contributed by atoms with E-state index in [-0.39, 0.29) is 0 Å². The van der Waals surface area contributed by atoms with Crippen LogP contribution in [-0.4, -0.2) is 29.9 Å². The summed E-state index contributed by atoms with van der Waals surface area (Å²) in [5.74, 6) is 2.42. The lowest BCUT2D eigenvalue weighted by Gasteiger charge is -2.11. The number of aryl methyl sites for hydroxylation is 4. The third kappa shape index (κ3) is 6.85. The molecule has 0 radical (unpaired) electrons. The first-order valence-corrected chi connectivity index (χ1v) is 14.6. The molecule has 0 atom stereocenters. The summed E-state index contributed by atoms with van der Waals surface area (Å²) in [6, 6.07) is 7.86. The quantitative estimate of drug-likeness (QED) is 0.202. The smallest absolute Gasteiger partial charge is 0.237 e. The number of hydrogen-bond donors (Lipinski definition) is 2. The number of hydrogen-bond acceptors (Lipinski definition) is 12. The van der Waals surface area contributed by atoms with Gasteiger partial charge in [0.15, 0.2) is 10.3 Å². The number of benzene rings is 2. The minimum atomic E-state index is 0.474. The van der Waals surface area contributed by atoms with Crippen molar-refractivity contribution in [2.45, 2.75) is 27.7 Å². The van der Waals surface area contributed by atoms with Crippen molar-refractivity contribution in [2.75, 3.05) is 11.5 Å². The highest BCUT2D eigenvalue weighted by molar-refractivity contribution is 7.14. The van der Waals surface area contributed by atoms with Crippen LogP contribution in [0, 0.1) is 27.7 Å². The van der Waals surface area contributed by atoms with Crippen LogP contribution in [0.1, 0.15) is 22.3 Å². The lowest BCUT2D eigenvalue weighted by atomic mass is 10.0. The molecule has 0 aliphatic carbocycles. The standard InChI is InChI=1S/2C15H14N4OS/c2*1-9-5-11(20-13-7-17-3-4-18-13)6-10(2)14(9)12-8-21-15(16)19-12/h2*3-8H,1-2H3,(H2,16,19). The number of thiazole rings is 2. The summed E-state index contributed by atoms with van der Waals surface area (Å²) in [4.78, 5) is 24.9. The highest BCUT2D eigenvalue weighted by atomic mass is 32.1. The second-order valence-electron chi connectivity index (χ2n) is 9.30. The van der Waals surface area contributed by atoms with Crippen molar-refractivity contribution in [1.29, 1.82) is 0 Å². The molecule has 6 aromatic rings. The SMILES string of the molecule is Cc1cc(Oc2cnccn2)cc(C)c1-c1csc(N)n1.Cc1cc(Oc2cnccn2)cc(C)c1-c1csc(N)n1. The zero-order valence-electron chi connectivity index (χ0n) is 23.4. The third-order valence-electron chi connectivity index (χ3n) is 6.09. The molecule has 0 aliphatic rings. The number of nitrogens with zero attached hydrogens (tertiary/aromatic N) is 6. The zero-order valence-corrected chi connectivity index (χ0v) is 25.0. The number of ether oxygens (including phenoxy) is 2. The van der Waals surface area contributed by atoms with Gasteiger partial charge in [0.1, 0.15) is 11.5 Å². The van der Waals surface area contributed by atoms with Gasteiger partial charge < -0.3 is 20.9 Å². The van der Waals surface area contributed by atoms with E-state index < -0.39 is 0 Å². The number of anilines is 2. The van der Waals surface area contributed by atoms with E-state index in [1.165, 1.54) is 22.7 Å². The van der Waals surface area contributed by atoms with Crippen LogP contribution >= 0.6 is 22.7 Å². The Morgan fingerprint density at radius 1 is 0.571 bits per heavy atom. The maximum absolute atomic E-state index is 5.72. The first-order chi connectivity index (χ1) is 20.3. The van der Waals surface area contributed by atoms with Gasteiger partial charge in [0, 0.05) is 46.7 Å². The van der Waals surface area contributed by atoms with Gasteiger partial charge in [-0.1, -0.05) is 0 Å². The summed E-state index contributed by atoms with van der Waals surface area (Å²) in [6.45, 7) is 8.12. The Morgan fingerprint density at radius 2 is 0.952 bits per heavy atom. The molecule has 0 saturated carbocycles. The van der Waals surface area contributed by atoms with Crippen molar-refractivity contribution < 1.29 is 9.47 Å². The van der Waals surface area contributed by atoms with Crippen LogP contribution in [0.4, 0.5) is 10.3 Å². The maximum Gasteiger partial charge on any atom is 0.237 e. The van der Waals surface area contributed by atoms with Gasteiger partial charge in [-0.25, -0.2) is 19.9 Å². The first kappa shape index (κ1) is 28.6. The fourth-order valence-electron chi connectivity index (χ4n) is 4.50. The number of nitrogen functional groups attached to an aromatic ring is 2. The molecule has 4 heterocycles. The Bertz CT molecular complexity index is 1630. The monoisotopic (exact) mass is 596 g/mol. The summed E-state index contributed by atoms with van der Waals surface area (Å²) >= 11 is 2.88. The van der Waals surface area contributed by atoms with E-state index in [2.05, 4.69) is 29.9 Å². The van der Waals surface area contributed by atoms with Crippen LogP contribution in [0.25, 0.3) is 22.5 Å².